The molecule has 0 aliphatic carbocycles. The lowest BCUT2D eigenvalue weighted by Gasteiger charge is -2.14. The lowest BCUT2D eigenvalue weighted by molar-refractivity contribution is 0.102. The Morgan fingerprint density at radius 3 is 2.67 bits per heavy atom. The number of anilines is 1. The summed E-state index contributed by atoms with van der Waals surface area (Å²) in [5, 5.41) is 16.9. The van der Waals surface area contributed by atoms with E-state index in [4.69, 9.17) is 0 Å². The summed E-state index contributed by atoms with van der Waals surface area (Å²) in [4.78, 5) is 11.8. The molecule has 2 aromatic heterocycles. The second-order valence-electron chi connectivity index (χ2n) is 5.00. The summed E-state index contributed by atoms with van der Waals surface area (Å²) >= 11 is 0. The molecule has 0 radical (unpaired) electrons. The van der Waals surface area contributed by atoms with Gasteiger partial charge in [-0.25, -0.2) is 0 Å². The molecule has 0 bridgehead atoms. The Morgan fingerprint density at radius 1 is 1.33 bits per heavy atom. The Labute approximate surface area is 105 Å². The van der Waals surface area contributed by atoms with E-state index in [1.165, 1.54) is 12.4 Å². The molecule has 0 spiro atoms. The zero-order chi connectivity index (χ0) is 13.2. The van der Waals surface area contributed by atoms with Gasteiger partial charge in [0.05, 0.1) is 18.0 Å². The Morgan fingerprint density at radius 2 is 2.11 bits per heavy atom. The van der Waals surface area contributed by atoms with Gasteiger partial charge in [-0.05, 0) is 6.07 Å². The first-order chi connectivity index (χ1) is 8.47. The summed E-state index contributed by atoms with van der Waals surface area (Å²) in [5.74, 6) is 0.249. The number of aromatic amines is 1. The molecule has 0 aliphatic heterocycles. The molecule has 94 valence electrons. The molecule has 0 atom stereocenters. The van der Waals surface area contributed by atoms with Crippen molar-refractivity contribution in [3.05, 3.63) is 35.8 Å². The number of amides is 1. The summed E-state index contributed by atoms with van der Waals surface area (Å²) in [6.07, 6.45) is 2.88. The van der Waals surface area contributed by atoms with E-state index in [1.807, 2.05) is 6.07 Å². The molecule has 0 aliphatic rings. The molecule has 2 heterocycles. The predicted octanol–water partition coefficient (Wildman–Crippen LogP) is 1.75. The monoisotopic (exact) mass is 245 g/mol. The Kier molecular flexibility index (Phi) is 3.10. The molecule has 0 saturated heterocycles. The third kappa shape index (κ3) is 2.71. The number of H-pyrrole nitrogens is 1. The zero-order valence-electron chi connectivity index (χ0n) is 10.6. The molecule has 0 aromatic carbocycles. The molecule has 0 unspecified atom stereocenters. The molecule has 2 aromatic rings. The number of hydrogen-bond acceptors (Lipinski definition) is 4. The number of aromatic nitrogens is 4. The van der Waals surface area contributed by atoms with Gasteiger partial charge in [0.25, 0.3) is 5.91 Å². The second-order valence-corrected chi connectivity index (χ2v) is 5.00. The van der Waals surface area contributed by atoms with Gasteiger partial charge in [0, 0.05) is 17.2 Å². The van der Waals surface area contributed by atoms with E-state index in [9.17, 15) is 4.79 Å². The molecule has 6 nitrogen and oxygen atoms in total. The number of rotatable bonds is 2. The second kappa shape index (κ2) is 4.56. The van der Waals surface area contributed by atoms with Crippen molar-refractivity contribution in [3.8, 4) is 0 Å². The van der Waals surface area contributed by atoms with Crippen LogP contribution in [0.1, 0.15) is 36.8 Å². The first-order valence-corrected chi connectivity index (χ1v) is 5.61. The van der Waals surface area contributed by atoms with E-state index in [0.29, 0.717) is 11.4 Å². The largest absolute Gasteiger partial charge is 0.305 e. The molecule has 0 saturated carbocycles. The Balaban J connectivity index is 2.11. The molecule has 1 amide bonds. The molecule has 0 fully saturated rings. The molecular weight excluding hydrogens is 230 g/mol. The molecule has 2 N–H and O–H groups in total. The average Bonchev–Trinajstić information content (AvgIpc) is 2.78. The van der Waals surface area contributed by atoms with Crippen LogP contribution in [0.4, 0.5) is 5.82 Å². The lowest BCUT2D eigenvalue weighted by Crippen LogP contribution is -2.13. The topological polar surface area (TPSA) is 83.6 Å². The van der Waals surface area contributed by atoms with Crippen LogP contribution < -0.4 is 5.32 Å². The summed E-state index contributed by atoms with van der Waals surface area (Å²) in [5.41, 5.74) is 1.38. The predicted molar refractivity (Wildman–Crippen MR) is 67.3 cm³/mol. The van der Waals surface area contributed by atoms with Gasteiger partial charge in [0.2, 0.25) is 0 Å². The van der Waals surface area contributed by atoms with Crippen LogP contribution in [0.25, 0.3) is 0 Å². The van der Waals surface area contributed by atoms with Gasteiger partial charge < -0.3 is 5.32 Å². The van der Waals surface area contributed by atoms with Crippen LogP contribution >= 0.6 is 0 Å². The zero-order valence-corrected chi connectivity index (χ0v) is 10.6. The van der Waals surface area contributed by atoms with Crippen molar-refractivity contribution >= 4 is 11.7 Å². The van der Waals surface area contributed by atoms with Gasteiger partial charge in [-0.2, -0.15) is 15.3 Å². The number of nitrogens with zero attached hydrogens (tertiary/aromatic N) is 3. The number of carbonyl (C=O) groups excluding carboxylic acids is 1. The summed E-state index contributed by atoms with van der Waals surface area (Å²) in [6, 6.07) is 3.42. The minimum Gasteiger partial charge on any atom is -0.305 e. The maximum Gasteiger partial charge on any atom is 0.258 e. The molecular formula is C12H15N5O. The fourth-order valence-electron chi connectivity index (χ4n) is 1.38. The van der Waals surface area contributed by atoms with Crippen molar-refractivity contribution in [3.63, 3.8) is 0 Å². The minimum atomic E-state index is -0.253. The maximum atomic E-state index is 11.8. The fraction of sp³-hybridized carbons (Fsp3) is 0.333. The summed E-state index contributed by atoms with van der Waals surface area (Å²) in [6.45, 7) is 6.21. The van der Waals surface area contributed by atoms with Crippen molar-refractivity contribution in [1.82, 2.24) is 20.4 Å². The van der Waals surface area contributed by atoms with E-state index >= 15 is 0 Å². The Hall–Kier alpha value is -2.24. The Bertz CT molecular complexity index is 541. The van der Waals surface area contributed by atoms with Crippen LogP contribution in [0.5, 0.6) is 0 Å². The normalized spacial score (nSPS) is 11.3. The quantitative estimate of drug-likeness (QED) is 0.844. The van der Waals surface area contributed by atoms with E-state index in [0.717, 1.165) is 5.69 Å². The fourth-order valence-corrected chi connectivity index (χ4v) is 1.38. The van der Waals surface area contributed by atoms with Crippen molar-refractivity contribution in [2.45, 2.75) is 26.2 Å². The van der Waals surface area contributed by atoms with Gasteiger partial charge in [-0.1, -0.05) is 20.8 Å². The van der Waals surface area contributed by atoms with Crippen LogP contribution in [0.15, 0.2) is 24.5 Å². The van der Waals surface area contributed by atoms with Crippen molar-refractivity contribution < 1.29 is 4.79 Å². The van der Waals surface area contributed by atoms with Gasteiger partial charge >= 0.3 is 0 Å². The molecule has 6 heteroatoms. The summed E-state index contributed by atoms with van der Waals surface area (Å²) in [7, 11) is 0. The van der Waals surface area contributed by atoms with E-state index in [2.05, 4.69) is 46.5 Å². The SMILES string of the molecule is CC(C)(C)c1cc(NC(=O)c2ccnnc2)n[nH]1. The first kappa shape index (κ1) is 12.2. The first-order valence-electron chi connectivity index (χ1n) is 5.61. The highest BCUT2D eigenvalue weighted by atomic mass is 16.1. The highest BCUT2D eigenvalue weighted by Crippen LogP contribution is 2.22. The smallest absolute Gasteiger partial charge is 0.258 e. The van der Waals surface area contributed by atoms with E-state index in [-0.39, 0.29) is 11.3 Å². The van der Waals surface area contributed by atoms with E-state index in [1.54, 1.807) is 6.07 Å². The average molecular weight is 245 g/mol. The summed E-state index contributed by atoms with van der Waals surface area (Å²) < 4.78 is 0. The van der Waals surface area contributed by atoms with Crippen LogP contribution in [-0.2, 0) is 5.41 Å². The van der Waals surface area contributed by atoms with Crippen LogP contribution in [0.3, 0.4) is 0 Å². The van der Waals surface area contributed by atoms with Crippen molar-refractivity contribution in [1.29, 1.82) is 0 Å². The van der Waals surface area contributed by atoms with Crippen LogP contribution in [-0.4, -0.2) is 26.3 Å². The molecule has 2 rings (SSSR count). The van der Waals surface area contributed by atoms with Crippen LogP contribution in [0.2, 0.25) is 0 Å². The van der Waals surface area contributed by atoms with E-state index < -0.39 is 0 Å². The molecule has 18 heavy (non-hydrogen) atoms. The van der Waals surface area contributed by atoms with Crippen molar-refractivity contribution in [2.75, 3.05) is 5.32 Å². The van der Waals surface area contributed by atoms with Gasteiger partial charge in [-0.15, -0.1) is 0 Å². The van der Waals surface area contributed by atoms with Crippen molar-refractivity contribution in [2.24, 2.45) is 0 Å². The highest BCUT2D eigenvalue weighted by molar-refractivity contribution is 6.03. The third-order valence-corrected chi connectivity index (χ3v) is 2.47. The third-order valence-electron chi connectivity index (χ3n) is 2.47. The van der Waals surface area contributed by atoms with Crippen LogP contribution in [0, 0.1) is 0 Å². The standard InChI is InChI=1S/C12H15N5O/c1-12(2,3)9-6-10(17-16-9)15-11(18)8-4-5-13-14-7-8/h4-7H,1-3H3,(H2,15,16,17,18). The van der Waals surface area contributed by atoms with Gasteiger partial charge in [-0.3, -0.25) is 9.89 Å². The van der Waals surface area contributed by atoms with Gasteiger partial charge in [0.1, 0.15) is 0 Å². The number of carbonyl (C=O) groups is 1. The number of hydrogen-bond donors (Lipinski definition) is 2. The number of nitrogens with one attached hydrogen (secondary N) is 2. The lowest BCUT2D eigenvalue weighted by atomic mass is 9.92. The maximum absolute atomic E-state index is 11.8. The highest BCUT2D eigenvalue weighted by Gasteiger charge is 2.17. The minimum absolute atomic E-state index is 0.0335. The van der Waals surface area contributed by atoms with Gasteiger partial charge in [0.15, 0.2) is 5.82 Å².